The molecule has 0 saturated carbocycles. The largest absolute Gasteiger partial charge is 0.346 e. The summed E-state index contributed by atoms with van der Waals surface area (Å²) in [5.74, 6) is -1.85. The van der Waals surface area contributed by atoms with Crippen molar-refractivity contribution in [2.75, 3.05) is 25.5 Å². The highest BCUT2D eigenvalue weighted by molar-refractivity contribution is 7.13. The summed E-state index contributed by atoms with van der Waals surface area (Å²) in [5.41, 5.74) is 1.70. The first-order chi connectivity index (χ1) is 16.9. The van der Waals surface area contributed by atoms with Crippen molar-refractivity contribution in [3.8, 4) is 0 Å². The second-order valence-electron chi connectivity index (χ2n) is 8.10. The van der Waals surface area contributed by atoms with Gasteiger partial charge in [-0.2, -0.15) is 0 Å². The summed E-state index contributed by atoms with van der Waals surface area (Å²) in [5, 5.41) is 8.71. The highest BCUT2D eigenvalue weighted by Gasteiger charge is 2.24. The number of halogens is 1. The normalized spacial score (nSPS) is 14.0. The molecule has 0 bridgehead atoms. The number of hydrogen-bond donors (Lipinski definition) is 3. The standard InChI is InChI=1S/C23H24ClN7O3S/c1-31-9-7-17-18(13-31)35-23(29-17)22(34)28-16(10-15-4-2-3-8-25-15)12-27-20(32)21(33)30-19-6-5-14(24)11-26-19/h2-6,8,11,16H,7,9-10,12-13H2,1H3,(H,27,32)(H,28,34)(H,26,30,33). The van der Waals surface area contributed by atoms with Gasteiger partial charge in [0.25, 0.3) is 5.91 Å². The summed E-state index contributed by atoms with van der Waals surface area (Å²) in [4.78, 5) is 53.6. The number of anilines is 1. The first-order valence-electron chi connectivity index (χ1n) is 11.0. The monoisotopic (exact) mass is 513 g/mol. The number of thiazole rings is 1. The van der Waals surface area contributed by atoms with Gasteiger partial charge >= 0.3 is 11.8 Å². The molecule has 4 heterocycles. The van der Waals surface area contributed by atoms with Crippen molar-refractivity contribution in [3.63, 3.8) is 0 Å². The summed E-state index contributed by atoms with van der Waals surface area (Å²) in [6.07, 6.45) is 4.19. The number of carbonyl (C=O) groups is 3. The maximum Gasteiger partial charge on any atom is 0.314 e. The third-order valence-electron chi connectivity index (χ3n) is 5.32. The van der Waals surface area contributed by atoms with E-state index in [2.05, 4.69) is 35.8 Å². The minimum atomic E-state index is -0.876. The molecule has 182 valence electrons. The minimum absolute atomic E-state index is 0.0242. The number of hydrogen-bond acceptors (Lipinski definition) is 8. The summed E-state index contributed by atoms with van der Waals surface area (Å²) >= 11 is 7.16. The average molecular weight is 514 g/mol. The summed E-state index contributed by atoms with van der Waals surface area (Å²) in [6, 6.07) is 8.00. The number of likely N-dealkylation sites (N-methyl/N-ethyl adjacent to an activating group) is 1. The van der Waals surface area contributed by atoms with Crippen LogP contribution in [0.3, 0.4) is 0 Å². The Labute approximate surface area is 211 Å². The van der Waals surface area contributed by atoms with Crippen LogP contribution in [0.25, 0.3) is 0 Å². The number of carbonyl (C=O) groups excluding carboxylic acids is 3. The molecule has 35 heavy (non-hydrogen) atoms. The van der Waals surface area contributed by atoms with Crippen LogP contribution in [-0.4, -0.2) is 63.8 Å². The molecule has 12 heteroatoms. The van der Waals surface area contributed by atoms with Crippen LogP contribution in [0.4, 0.5) is 5.82 Å². The number of nitrogens with zero attached hydrogens (tertiary/aromatic N) is 4. The molecular formula is C23H24ClN7O3S. The van der Waals surface area contributed by atoms with Crippen LogP contribution in [0.5, 0.6) is 0 Å². The van der Waals surface area contributed by atoms with Crippen molar-refractivity contribution in [3.05, 3.63) is 69.0 Å². The van der Waals surface area contributed by atoms with Gasteiger partial charge in [-0.05, 0) is 31.3 Å². The summed E-state index contributed by atoms with van der Waals surface area (Å²) in [6.45, 7) is 1.70. The van der Waals surface area contributed by atoms with E-state index in [9.17, 15) is 14.4 Å². The molecule has 4 rings (SSSR count). The maximum absolute atomic E-state index is 13.0. The Morgan fingerprint density at radius 1 is 1.17 bits per heavy atom. The topological polar surface area (TPSA) is 129 Å². The van der Waals surface area contributed by atoms with Crippen LogP contribution in [0.2, 0.25) is 5.02 Å². The Bertz CT molecular complexity index is 1200. The Balaban J connectivity index is 1.39. The van der Waals surface area contributed by atoms with Crippen LogP contribution in [-0.2, 0) is 29.0 Å². The van der Waals surface area contributed by atoms with Gasteiger partial charge in [-0.1, -0.05) is 17.7 Å². The van der Waals surface area contributed by atoms with Gasteiger partial charge in [-0.15, -0.1) is 11.3 Å². The number of fused-ring (bicyclic) bond motifs is 1. The zero-order valence-electron chi connectivity index (χ0n) is 19.0. The number of rotatable bonds is 7. The Hall–Kier alpha value is -3.41. The molecule has 10 nitrogen and oxygen atoms in total. The van der Waals surface area contributed by atoms with Gasteiger partial charge in [0.05, 0.1) is 16.8 Å². The van der Waals surface area contributed by atoms with E-state index in [4.69, 9.17) is 11.6 Å². The predicted octanol–water partition coefficient (Wildman–Crippen LogP) is 1.67. The van der Waals surface area contributed by atoms with E-state index in [1.165, 1.54) is 23.6 Å². The van der Waals surface area contributed by atoms with E-state index in [1.54, 1.807) is 18.3 Å². The van der Waals surface area contributed by atoms with Gasteiger partial charge in [0.15, 0.2) is 5.01 Å². The summed E-state index contributed by atoms with van der Waals surface area (Å²) < 4.78 is 0. The lowest BCUT2D eigenvalue weighted by Crippen LogP contribution is -2.47. The van der Waals surface area contributed by atoms with E-state index in [1.807, 2.05) is 19.2 Å². The van der Waals surface area contributed by atoms with Crippen LogP contribution in [0.15, 0.2) is 42.7 Å². The Morgan fingerprint density at radius 2 is 2.03 bits per heavy atom. The second-order valence-corrected chi connectivity index (χ2v) is 9.62. The van der Waals surface area contributed by atoms with Gasteiger partial charge < -0.3 is 20.9 Å². The Morgan fingerprint density at radius 3 is 2.77 bits per heavy atom. The van der Waals surface area contributed by atoms with Crippen LogP contribution in [0.1, 0.15) is 26.1 Å². The smallest absolute Gasteiger partial charge is 0.314 e. The molecule has 3 aromatic rings. The second kappa shape index (κ2) is 11.3. The van der Waals surface area contributed by atoms with Gasteiger partial charge in [-0.3, -0.25) is 19.4 Å². The lowest BCUT2D eigenvalue weighted by atomic mass is 10.1. The molecule has 0 aliphatic carbocycles. The molecule has 0 spiro atoms. The van der Waals surface area contributed by atoms with Crippen molar-refractivity contribution < 1.29 is 14.4 Å². The SMILES string of the molecule is CN1CCc2nc(C(=O)NC(CNC(=O)C(=O)Nc3ccc(Cl)cn3)Cc3ccccn3)sc2C1. The van der Waals surface area contributed by atoms with Crippen molar-refractivity contribution in [1.29, 1.82) is 0 Å². The first kappa shape index (κ1) is 24.7. The molecule has 0 saturated heterocycles. The molecule has 1 atom stereocenters. The first-order valence-corrected chi connectivity index (χ1v) is 12.2. The number of pyridine rings is 2. The molecular weight excluding hydrogens is 490 g/mol. The quantitative estimate of drug-likeness (QED) is 0.410. The molecule has 1 unspecified atom stereocenters. The highest BCUT2D eigenvalue weighted by Crippen LogP contribution is 2.24. The fourth-order valence-electron chi connectivity index (χ4n) is 3.53. The third kappa shape index (κ3) is 6.81. The van der Waals surface area contributed by atoms with Crippen molar-refractivity contribution >= 4 is 46.5 Å². The fourth-order valence-corrected chi connectivity index (χ4v) is 4.74. The maximum atomic E-state index is 13.0. The lowest BCUT2D eigenvalue weighted by molar-refractivity contribution is -0.136. The number of nitrogens with one attached hydrogen (secondary N) is 3. The number of amides is 3. The van der Waals surface area contributed by atoms with Gasteiger partial charge in [0.2, 0.25) is 0 Å². The highest BCUT2D eigenvalue weighted by atomic mass is 35.5. The Kier molecular flexibility index (Phi) is 8.01. The molecule has 0 aromatic carbocycles. The summed E-state index contributed by atoms with van der Waals surface area (Å²) in [7, 11) is 2.03. The lowest BCUT2D eigenvalue weighted by Gasteiger charge is -2.20. The van der Waals surface area contributed by atoms with Gasteiger partial charge in [0.1, 0.15) is 5.82 Å². The van der Waals surface area contributed by atoms with E-state index in [0.717, 1.165) is 35.8 Å². The molecule has 1 aliphatic heterocycles. The average Bonchev–Trinajstić information content (AvgIpc) is 3.28. The zero-order chi connectivity index (χ0) is 24.8. The van der Waals surface area contributed by atoms with Crippen LogP contribution >= 0.6 is 22.9 Å². The van der Waals surface area contributed by atoms with Crippen molar-refractivity contribution in [1.82, 2.24) is 30.5 Å². The van der Waals surface area contributed by atoms with Crippen LogP contribution in [0, 0.1) is 0 Å². The molecule has 3 aromatic heterocycles. The van der Waals surface area contributed by atoms with E-state index in [0.29, 0.717) is 16.5 Å². The molecule has 0 fully saturated rings. The fraction of sp³-hybridized carbons (Fsp3) is 0.304. The van der Waals surface area contributed by atoms with E-state index >= 15 is 0 Å². The van der Waals surface area contributed by atoms with E-state index < -0.39 is 17.9 Å². The third-order valence-corrected chi connectivity index (χ3v) is 6.62. The van der Waals surface area contributed by atoms with Gasteiger partial charge in [0, 0.05) is 55.4 Å². The predicted molar refractivity (Wildman–Crippen MR) is 132 cm³/mol. The van der Waals surface area contributed by atoms with Crippen molar-refractivity contribution in [2.45, 2.75) is 25.4 Å². The molecule has 3 amide bonds. The van der Waals surface area contributed by atoms with Crippen molar-refractivity contribution in [2.24, 2.45) is 0 Å². The van der Waals surface area contributed by atoms with Gasteiger partial charge in [-0.25, -0.2) is 9.97 Å². The minimum Gasteiger partial charge on any atom is -0.346 e. The zero-order valence-corrected chi connectivity index (χ0v) is 20.5. The molecule has 1 aliphatic rings. The molecule has 0 radical (unpaired) electrons. The van der Waals surface area contributed by atoms with Crippen LogP contribution < -0.4 is 16.0 Å². The molecule has 3 N–H and O–H groups in total. The van der Waals surface area contributed by atoms with E-state index in [-0.39, 0.29) is 18.3 Å². The number of aromatic nitrogens is 3.